The minimum absolute atomic E-state index is 0.152. The lowest BCUT2D eigenvalue weighted by Crippen LogP contribution is -2.54. The number of hydrogen-bond donors (Lipinski definition) is 1. The molecule has 0 aliphatic carbocycles. The van der Waals surface area contributed by atoms with Crippen LogP contribution in [-0.2, 0) is 11.3 Å². The maximum atomic E-state index is 12.1. The van der Waals surface area contributed by atoms with Crippen LogP contribution in [0.5, 0.6) is 0 Å². The van der Waals surface area contributed by atoms with Crippen LogP contribution in [0.4, 0.5) is 0 Å². The zero-order valence-corrected chi connectivity index (χ0v) is 15.0. The summed E-state index contributed by atoms with van der Waals surface area (Å²) in [7, 11) is 0. The minimum Gasteiger partial charge on any atom is -0.396 e. The van der Waals surface area contributed by atoms with Crippen molar-refractivity contribution in [1.82, 2.24) is 9.80 Å². The van der Waals surface area contributed by atoms with E-state index in [1.165, 1.54) is 18.4 Å². The number of carbonyl (C=O) groups is 1. The summed E-state index contributed by atoms with van der Waals surface area (Å²) in [6.07, 6.45) is 4.72. The molecule has 2 heterocycles. The van der Waals surface area contributed by atoms with Crippen molar-refractivity contribution >= 4 is 17.5 Å². The Bertz CT molecular complexity index is 563. The number of hydrogen-bond acceptors (Lipinski definition) is 3. The van der Waals surface area contributed by atoms with E-state index in [1.807, 2.05) is 17.0 Å². The number of halogens is 1. The lowest BCUT2D eigenvalue weighted by molar-refractivity contribution is -0.139. The summed E-state index contributed by atoms with van der Waals surface area (Å²) in [5.74, 6) is 0.254. The van der Waals surface area contributed by atoms with Crippen LogP contribution < -0.4 is 0 Å². The number of carbonyl (C=O) groups excluding carboxylic acids is 1. The first-order valence-electron chi connectivity index (χ1n) is 8.96. The van der Waals surface area contributed by atoms with Gasteiger partial charge in [-0.1, -0.05) is 23.7 Å². The van der Waals surface area contributed by atoms with Gasteiger partial charge in [-0.05, 0) is 49.9 Å². The minimum atomic E-state index is 0.152. The van der Waals surface area contributed by atoms with E-state index in [4.69, 9.17) is 16.7 Å². The molecule has 1 aromatic rings. The van der Waals surface area contributed by atoms with Crippen LogP contribution in [0, 0.1) is 5.41 Å². The van der Waals surface area contributed by atoms with Crippen molar-refractivity contribution in [1.29, 1.82) is 0 Å². The monoisotopic (exact) mass is 350 g/mol. The summed E-state index contributed by atoms with van der Waals surface area (Å²) in [5, 5.41) is 9.83. The average Bonchev–Trinajstić information content (AvgIpc) is 2.58. The summed E-state index contributed by atoms with van der Waals surface area (Å²) in [6.45, 7) is 4.81. The van der Waals surface area contributed by atoms with E-state index in [2.05, 4.69) is 17.0 Å². The normalized spacial score (nSPS) is 25.4. The average molecular weight is 351 g/mol. The van der Waals surface area contributed by atoms with Gasteiger partial charge in [-0.3, -0.25) is 9.69 Å². The van der Waals surface area contributed by atoms with E-state index in [0.717, 1.165) is 37.6 Å². The predicted molar refractivity (Wildman–Crippen MR) is 95.9 cm³/mol. The van der Waals surface area contributed by atoms with Crippen LogP contribution >= 0.6 is 11.6 Å². The third kappa shape index (κ3) is 4.29. The van der Waals surface area contributed by atoms with Crippen molar-refractivity contribution in [2.75, 3.05) is 32.8 Å². The lowest BCUT2D eigenvalue weighted by Gasteiger charge is -2.48. The van der Waals surface area contributed by atoms with E-state index in [1.54, 1.807) is 0 Å². The smallest absolute Gasteiger partial charge is 0.222 e. The molecule has 2 aliphatic heterocycles. The molecule has 1 N–H and O–H groups in total. The molecule has 1 unspecified atom stereocenters. The molecular weight excluding hydrogens is 324 g/mol. The Balaban J connectivity index is 1.63. The zero-order chi connectivity index (χ0) is 17.0. The fourth-order valence-corrected chi connectivity index (χ4v) is 4.32. The standard InChI is InChI=1S/C19H27ClN2O2/c20-17-5-3-16(4-6-17)13-21-10-1-8-19(14-21)9-7-18(24)22(15-19)11-2-12-23/h3-6,23H,1-2,7-15H2. The molecule has 1 amide bonds. The number of benzene rings is 1. The molecular formula is C19H27ClN2O2. The topological polar surface area (TPSA) is 43.8 Å². The van der Waals surface area contributed by atoms with Crippen LogP contribution in [0.15, 0.2) is 24.3 Å². The SMILES string of the molecule is O=C1CCC2(CCCN(Cc3ccc(Cl)cc3)C2)CN1CCCO. The molecule has 0 bridgehead atoms. The number of likely N-dealkylation sites (tertiary alicyclic amines) is 2. The number of aliphatic hydroxyl groups is 1. The summed E-state index contributed by atoms with van der Waals surface area (Å²) in [4.78, 5) is 16.6. The maximum Gasteiger partial charge on any atom is 0.222 e. The van der Waals surface area contributed by atoms with Crippen LogP contribution in [0.3, 0.4) is 0 Å². The molecule has 0 saturated carbocycles. The third-order valence-electron chi connectivity index (χ3n) is 5.39. The molecule has 5 heteroatoms. The number of rotatable bonds is 5. The van der Waals surface area contributed by atoms with Crippen LogP contribution in [0.25, 0.3) is 0 Å². The van der Waals surface area contributed by atoms with E-state index < -0.39 is 0 Å². The van der Waals surface area contributed by atoms with Crippen LogP contribution in [0.1, 0.15) is 37.7 Å². The highest BCUT2D eigenvalue weighted by Gasteiger charge is 2.41. The number of piperidine rings is 2. The largest absolute Gasteiger partial charge is 0.396 e. The summed E-state index contributed by atoms with van der Waals surface area (Å²) < 4.78 is 0. The van der Waals surface area contributed by atoms with Crippen molar-refractivity contribution in [3.8, 4) is 0 Å². The second-order valence-electron chi connectivity index (χ2n) is 7.33. The second-order valence-corrected chi connectivity index (χ2v) is 7.77. The predicted octanol–water partition coefficient (Wildman–Crippen LogP) is 2.93. The highest BCUT2D eigenvalue weighted by Crippen LogP contribution is 2.39. The van der Waals surface area contributed by atoms with Crippen molar-refractivity contribution in [2.24, 2.45) is 5.41 Å². The lowest BCUT2D eigenvalue weighted by atomic mass is 9.73. The zero-order valence-electron chi connectivity index (χ0n) is 14.2. The van der Waals surface area contributed by atoms with Crippen molar-refractivity contribution in [3.05, 3.63) is 34.9 Å². The number of aliphatic hydroxyl groups excluding tert-OH is 1. The Hall–Kier alpha value is -1.10. The first-order chi connectivity index (χ1) is 11.6. The van der Waals surface area contributed by atoms with Gasteiger partial charge in [0.25, 0.3) is 0 Å². The maximum absolute atomic E-state index is 12.1. The fourth-order valence-electron chi connectivity index (χ4n) is 4.19. The van der Waals surface area contributed by atoms with Gasteiger partial charge in [0.2, 0.25) is 5.91 Å². The van der Waals surface area contributed by atoms with E-state index in [-0.39, 0.29) is 17.9 Å². The molecule has 1 spiro atoms. The highest BCUT2D eigenvalue weighted by atomic mass is 35.5. The third-order valence-corrected chi connectivity index (χ3v) is 5.65. The molecule has 132 valence electrons. The fraction of sp³-hybridized carbons (Fsp3) is 0.632. The quantitative estimate of drug-likeness (QED) is 0.888. The van der Waals surface area contributed by atoms with Gasteiger partial charge in [-0.15, -0.1) is 0 Å². The molecule has 4 nitrogen and oxygen atoms in total. The first-order valence-corrected chi connectivity index (χ1v) is 9.33. The molecule has 2 saturated heterocycles. The van der Waals surface area contributed by atoms with E-state index in [0.29, 0.717) is 19.4 Å². The number of nitrogens with zero attached hydrogens (tertiary/aromatic N) is 2. The van der Waals surface area contributed by atoms with E-state index >= 15 is 0 Å². The summed E-state index contributed by atoms with van der Waals surface area (Å²) in [6, 6.07) is 8.10. The van der Waals surface area contributed by atoms with E-state index in [9.17, 15) is 4.79 Å². The van der Waals surface area contributed by atoms with Gasteiger partial charge in [0, 0.05) is 49.6 Å². The molecule has 2 aliphatic rings. The second kappa shape index (κ2) is 7.85. The molecule has 24 heavy (non-hydrogen) atoms. The van der Waals surface area contributed by atoms with Gasteiger partial charge in [-0.25, -0.2) is 0 Å². The first kappa shape index (κ1) is 17.7. The van der Waals surface area contributed by atoms with Crippen LogP contribution in [-0.4, -0.2) is 53.6 Å². The Morgan fingerprint density at radius 1 is 1.17 bits per heavy atom. The molecule has 0 aromatic heterocycles. The van der Waals surface area contributed by atoms with Crippen molar-refractivity contribution in [2.45, 2.75) is 38.6 Å². The van der Waals surface area contributed by atoms with Gasteiger partial charge >= 0.3 is 0 Å². The molecule has 3 rings (SSSR count). The van der Waals surface area contributed by atoms with Gasteiger partial charge in [0.1, 0.15) is 0 Å². The molecule has 2 fully saturated rings. The summed E-state index contributed by atoms with van der Waals surface area (Å²) >= 11 is 5.97. The van der Waals surface area contributed by atoms with Gasteiger partial charge in [-0.2, -0.15) is 0 Å². The summed E-state index contributed by atoms with van der Waals surface area (Å²) in [5.41, 5.74) is 1.52. The number of amides is 1. The Kier molecular flexibility index (Phi) is 5.80. The van der Waals surface area contributed by atoms with Crippen molar-refractivity contribution in [3.63, 3.8) is 0 Å². The Morgan fingerprint density at radius 2 is 1.96 bits per heavy atom. The molecule has 0 radical (unpaired) electrons. The van der Waals surface area contributed by atoms with Gasteiger partial charge in [0.05, 0.1) is 0 Å². The van der Waals surface area contributed by atoms with Gasteiger partial charge in [0.15, 0.2) is 0 Å². The molecule has 1 atom stereocenters. The van der Waals surface area contributed by atoms with Gasteiger partial charge < -0.3 is 10.0 Å². The Labute approximate surface area is 149 Å². The van der Waals surface area contributed by atoms with Crippen molar-refractivity contribution < 1.29 is 9.90 Å². The highest BCUT2D eigenvalue weighted by molar-refractivity contribution is 6.30. The van der Waals surface area contributed by atoms with Crippen LogP contribution in [0.2, 0.25) is 5.02 Å². The molecule has 1 aromatic carbocycles. The Morgan fingerprint density at radius 3 is 2.71 bits per heavy atom.